The molecule has 0 amide bonds. The molecule has 0 unspecified atom stereocenters. The Morgan fingerprint density at radius 3 is 1.27 bits per heavy atom. The molecular formula is C81H56N4. The summed E-state index contributed by atoms with van der Waals surface area (Å²) in [6, 6.07) is 106. The maximum absolute atomic E-state index is 2.57. The fourth-order valence-corrected chi connectivity index (χ4v) is 14.0. The maximum atomic E-state index is 2.57. The van der Waals surface area contributed by atoms with Gasteiger partial charge in [0.1, 0.15) is 0 Å². The van der Waals surface area contributed by atoms with Gasteiger partial charge in [-0.3, -0.25) is 0 Å². The van der Waals surface area contributed by atoms with Crippen molar-refractivity contribution in [2.24, 2.45) is 0 Å². The number of para-hydroxylation sites is 2. The second-order valence-electron chi connectivity index (χ2n) is 23.0. The fourth-order valence-electron chi connectivity index (χ4n) is 14.0. The first-order valence-electron chi connectivity index (χ1n) is 29.5. The first kappa shape index (κ1) is 48.7. The molecule has 4 heteroatoms. The zero-order valence-corrected chi connectivity index (χ0v) is 47.4. The molecule has 13 aromatic carbocycles. The lowest BCUT2D eigenvalue weighted by molar-refractivity contribution is 1.14. The average molecular weight is 1090 g/mol. The summed E-state index contributed by atoms with van der Waals surface area (Å²) in [6.07, 6.45) is 0. The number of anilines is 3. The average Bonchev–Trinajstić information content (AvgIpc) is 1.57. The molecule has 2 bridgehead atoms. The Labute approximate surface area is 492 Å². The predicted molar refractivity (Wildman–Crippen MR) is 361 cm³/mol. The molecule has 0 aliphatic rings. The van der Waals surface area contributed by atoms with Gasteiger partial charge in [-0.05, 0) is 149 Å². The lowest BCUT2D eigenvalue weighted by atomic mass is 9.97. The topological polar surface area (TPSA) is 17.0 Å². The van der Waals surface area contributed by atoms with E-state index in [-0.39, 0.29) is 0 Å². The normalized spacial score (nSPS) is 11.9. The van der Waals surface area contributed by atoms with Crippen molar-refractivity contribution in [2.45, 2.75) is 20.8 Å². The van der Waals surface area contributed by atoms with E-state index in [4.69, 9.17) is 0 Å². The first-order valence-corrected chi connectivity index (χ1v) is 29.5. The fraction of sp³-hybridized carbons (Fsp3) is 0.0370. The smallest absolute Gasteiger partial charge is 0.0641 e. The van der Waals surface area contributed by atoms with E-state index >= 15 is 0 Å². The molecule has 0 saturated heterocycles. The van der Waals surface area contributed by atoms with Gasteiger partial charge in [-0.2, -0.15) is 0 Å². The molecule has 0 saturated carbocycles. The van der Waals surface area contributed by atoms with Gasteiger partial charge in [-0.25, -0.2) is 0 Å². The van der Waals surface area contributed by atoms with Crippen LogP contribution in [0.15, 0.2) is 285 Å². The minimum Gasteiger partial charge on any atom is -0.309 e. The lowest BCUT2D eigenvalue weighted by Crippen LogP contribution is -2.13. The van der Waals surface area contributed by atoms with Crippen molar-refractivity contribution in [2.75, 3.05) is 4.90 Å². The van der Waals surface area contributed by atoms with E-state index < -0.39 is 0 Å². The van der Waals surface area contributed by atoms with E-state index in [1.807, 2.05) is 0 Å². The van der Waals surface area contributed by atoms with Crippen molar-refractivity contribution < 1.29 is 0 Å². The van der Waals surface area contributed by atoms with E-state index in [9.17, 15) is 0 Å². The van der Waals surface area contributed by atoms with Gasteiger partial charge < -0.3 is 18.3 Å². The van der Waals surface area contributed by atoms with E-state index in [0.29, 0.717) is 0 Å². The Balaban J connectivity index is 0.971. The van der Waals surface area contributed by atoms with Crippen LogP contribution in [-0.4, -0.2) is 13.4 Å². The number of hydrogen-bond donors (Lipinski definition) is 0. The molecule has 0 radical (unpaired) electrons. The van der Waals surface area contributed by atoms with Crippen LogP contribution in [0.3, 0.4) is 0 Å². The second-order valence-corrected chi connectivity index (χ2v) is 23.0. The summed E-state index contributed by atoms with van der Waals surface area (Å²) in [5.74, 6) is 0. The van der Waals surface area contributed by atoms with Gasteiger partial charge in [0.2, 0.25) is 0 Å². The first-order chi connectivity index (χ1) is 41.9. The molecule has 0 spiro atoms. The largest absolute Gasteiger partial charge is 0.309 e. The highest BCUT2D eigenvalue weighted by atomic mass is 15.2. The summed E-state index contributed by atoms with van der Waals surface area (Å²) in [5, 5.41) is 9.66. The number of aromatic nitrogens is 3. The van der Waals surface area contributed by atoms with Gasteiger partial charge in [0.25, 0.3) is 0 Å². The standard InChI is InChI=1S/C81H56N4/c1-51-32-35-58(54-20-8-4-9-21-54)44-73(51)82-62-39-41-65-68-49-79-69(50-78(68)83(77(65)48-62)70-30-18-16-28-63(70)64-40-38-61(47-76(64)82)57-26-14-7-15-27-57)66-42-43-72(80-67-29-17-19-31-71(67)85(79)81(66)80)84(74-45-59(36-33-52(74)2)55-22-10-5-11-23-55)75-46-60(37-34-53(75)3)56-24-12-6-13-25-56/h4-50H,1-3H3. The third kappa shape index (κ3) is 7.55. The molecule has 4 heterocycles. The van der Waals surface area contributed by atoms with E-state index in [0.717, 1.165) is 50.2 Å². The van der Waals surface area contributed by atoms with Crippen molar-refractivity contribution in [3.05, 3.63) is 302 Å². The molecule has 0 atom stereocenters. The molecule has 4 aromatic heterocycles. The molecule has 0 aliphatic heterocycles. The van der Waals surface area contributed by atoms with Crippen LogP contribution < -0.4 is 4.90 Å². The number of hydrogen-bond acceptors (Lipinski definition) is 1. The molecule has 0 fully saturated rings. The van der Waals surface area contributed by atoms with Gasteiger partial charge in [-0.15, -0.1) is 0 Å². The van der Waals surface area contributed by atoms with Crippen LogP contribution in [0.25, 0.3) is 137 Å². The van der Waals surface area contributed by atoms with Crippen LogP contribution in [0.2, 0.25) is 0 Å². The third-order valence-electron chi connectivity index (χ3n) is 18.1. The molecule has 400 valence electrons. The Bertz CT molecular complexity index is 5470. The molecule has 0 N–H and O–H groups in total. The van der Waals surface area contributed by atoms with E-state index in [2.05, 4.69) is 324 Å². The van der Waals surface area contributed by atoms with Gasteiger partial charge in [-0.1, -0.05) is 218 Å². The maximum Gasteiger partial charge on any atom is 0.0641 e. The number of fused-ring (bicyclic) bond motifs is 14. The quantitative estimate of drug-likeness (QED) is 0.148. The summed E-state index contributed by atoms with van der Waals surface area (Å²) in [7, 11) is 0. The molecule has 4 nitrogen and oxygen atoms in total. The van der Waals surface area contributed by atoms with Crippen LogP contribution in [0.5, 0.6) is 0 Å². The number of nitrogens with zero attached hydrogens (tertiary/aromatic N) is 4. The number of rotatable bonds is 8. The Morgan fingerprint density at radius 1 is 0.247 bits per heavy atom. The van der Waals surface area contributed by atoms with Crippen molar-refractivity contribution in [1.82, 2.24) is 13.4 Å². The molecule has 17 aromatic rings. The summed E-state index contributed by atoms with van der Waals surface area (Å²) in [5.41, 5.74) is 27.0. The van der Waals surface area contributed by atoms with Gasteiger partial charge >= 0.3 is 0 Å². The Hall–Kier alpha value is -10.9. The zero-order valence-electron chi connectivity index (χ0n) is 47.4. The zero-order chi connectivity index (χ0) is 56.4. The highest BCUT2D eigenvalue weighted by Gasteiger charge is 2.28. The van der Waals surface area contributed by atoms with Crippen LogP contribution >= 0.6 is 0 Å². The third-order valence-corrected chi connectivity index (χ3v) is 18.1. The van der Waals surface area contributed by atoms with E-state index in [1.165, 1.54) is 121 Å². The summed E-state index contributed by atoms with van der Waals surface area (Å²) >= 11 is 0. The SMILES string of the molecule is Cc1ccc(-c2ccccc2)cc1N(c1cc(-c2ccccc2)ccc1C)c1ccc2c3cc4c(cc3n3c5ccccc5c1c23)c1ccc2cc1n4c1ccccc1c1ccc(-c3ccccc3)cc1n2-c1cc(-c2ccccc2)ccc1C. The predicted octanol–water partition coefficient (Wildman–Crippen LogP) is 22.1. The van der Waals surface area contributed by atoms with Crippen LogP contribution in [-0.2, 0) is 0 Å². The molecule has 17 rings (SSSR count). The van der Waals surface area contributed by atoms with Crippen molar-refractivity contribution in [3.8, 4) is 50.2 Å². The van der Waals surface area contributed by atoms with E-state index in [1.54, 1.807) is 0 Å². The molecular weight excluding hydrogens is 1030 g/mol. The van der Waals surface area contributed by atoms with Crippen LogP contribution in [0.1, 0.15) is 16.7 Å². The van der Waals surface area contributed by atoms with Crippen LogP contribution in [0, 0.1) is 20.8 Å². The highest BCUT2D eigenvalue weighted by Crippen LogP contribution is 2.51. The van der Waals surface area contributed by atoms with Crippen molar-refractivity contribution in [3.63, 3.8) is 0 Å². The number of benzene rings is 13. The second kappa shape index (κ2) is 19.1. The molecule has 0 aliphatic carbocycles. The molecule has 85 heavy (non-hydrogen) atoms. The summed E-state index contributed by atoms with van der Waals surface area (Å²) < 4.78 is 7.64. The lowest BCUT2D eigenvalue weighted by Gasteiger charge is -2.30. The van der Waals surface area contributed by atoms with Gasteiger partial charge in [0.15, 0.2) is 0 Å². The Morgan fingerprint density at radius 2 is 0.671 bits per heavy atom. The van der Waals surface area contributed by atoms with Crippen LogP contribution in [0.4, 0.5) is 17.1 Å². The summed E-state index contributed by atoms with van der Waals surface area (Å²) in [4.78, 5) is 2.56. The highest BCUT2D eigenvalue weighted by molar-refractivity contribution is 6.29. The Kier molecular flexibility index (Phi) is 10.9. The number of aryl methyl sites for hydroxylation is 3. The van der Waals surface area contributed by atoms with Crippen molar-refractivity contribution in [1.29, 1.82) is 0 Å². The minimum atomic E-state index is 1.10. The summed E-state index contributed by atoms with van der Waals surface area (Å²) in [6.45, 7) is 6.76. The van der Waals surface area contributed by atoms with Gasteiger partial charge in [0.05, 0.1) is 44.3 Å². The van der Waals surface area contributed by atoms with Gasteiger partial charge in [0, 0.05) is 65.7 Å². The van der Waals surface area contributed by atoms with Crippen molar-refractivity contribution >= 4 is 104 Å². The monoisotopic (exact) mass is 1080 g/mol. The minimum absolute atomic E-state index is 1.10.